The van der Waals surface area contributed by atoms with E-state index in [9.17, 15) is 14.4 Å². The van der Waals surface area contributed by atoms with E-state index in [0.29, 0.717) is 6.42 Å². The van der Waals surface area contributed by atoms with Crippen LogP contribution < -0.4 is 10.1 Å². The molecule has 0 bridgehead atoms. The summed E-state index contributed by atoms with van der Waals surface area (Å²) in [6.07, 6.45) is 1.95. The molecule has 1 atom stereocenters. The molecule has 1 aromatic heterocycles. The van der Waals surface area contributed by atoms with E-state index < -0.39 is 30.5 Å². The molecule has 0 fully saturated rings. The monoisotopic (exact) mass is 403 g/mol. The summed E-state index contributed by atoms with van der Waals surface area (Å²) in [5.41, 5.74) is 0.674. The lowest BCUT2D eigenvalue weighted by molar-refractivity contribution is -0.145. The van der Waals surface area contributed by atoms with Crippen molar-refractivity contribution in [2.45, 2.75) is 26.3 Å². The Kier molecular flexibility index (Phi) is 7.76. The highest BCUT2D eigenvalue weighted by Crippen LogP contribution is 2.20. The Morgan fingerprint density at radius 3 is 2.41 bits per heavy atom. The number of aromatic nitrogens is 2. The number of rotatable bonds is 9. The van der Waals surface area contributed by atoms with E-state index in [4.69, 9.17) is 14.2 Å². The third-order valence-electron chi connectivity index (χ3n) is 3.98. The Balaban J connectivity index is 2.02. The molecule has 0 aliphatic heterocycles. The van der Waals surface area contributed by atoms with Crippen molar-refractivity contribution in [3.05, 3.63) is 42.2 Å². The topological polar surface area (TPSA) is 109 Å². The van der Waals surface area contributed by atoms with Gasteiger partial charge in [0.25, 0.3) is 5.91 Å². The zero-order valence-electron chi connectivity index (χ0n) is 16.9. The molecule has 2 rings (SSSR count). The van der Waals surface area contributed by atoms with Crippen LogP contribution in [0.3, 0.4) is 0 Å². The summed E-state index contributed by atoms with van der Waals surface area (Å²) >= 11 is 0. The van der Waals surface area contributed by atoms with Crippen molar-refractivity contribution in [1.29, 1.82) is 0 Å². The smallest absolute Gasteiger partial charge is 0.363 e. The van der Waals surface area contributed by atoms with Crippen LogP contribution in [-0.2, 0) is 19.1 Å². The van der Waals surface area contributed by atoms with E-state index in [-0.39, 0.29) is 17.4 Å². The van der Waals surface area contributed by atoms with Crippen molar-refractivity contribution in [3.63, 3.8) is 0 Å². The van der Waals surface area contributed by atoms with Gasteiger partial charge in [0.15, 0.2) is 12.4 Å². The lowest BCUT2D eigenvalue weighted by Gasteiger charge is -2.18. The molecule has 9 nitrogen and oxygen atoms in total. The fourth-order valence-electron chi connectivity index (χ4n) is 2.63. The lowest BCUT2D eigenvalue weighted by Crippen LogP contribution is -2.44. The first-order valence-electron chi connectivity index (χ1n) is 9.09. The number of nitrogens with one attached hydrogen (secondary N) is 1. The van der Waals surface area contributed by atoms with Gasteiger partial charge >= 0.3 is 11.9 Å². The SMILES string of the molecule is COC(=O)[C@H](CC(C)C)NC(=O)COC(=O)c1nn(-c2ccccc2)cc1OC. The molecule has 156 valence electrons. The van der Waals surface area contributed by atoms with Gasteiger partial charge in [-0.05, 0) is 24.5 Å². The van der Waals surface area contributed by atoms with Gasteiger partial charge in [-0.3, -0.25) is 4.79 Å². The molecule has 1 heterocycles. The molecule has 9 heteroatoms. The van der Waals surface area contributed by atoms with Gasteiger partial charge in [0.1, 0.15) is 6.04 Å². The minimum Gasteiger partial charge on any atom is -0.493 e. The fraction of sp³-hybridized carbons (Fsp3) is 0.400. The molecular weight excluding hydrogens is 378 g/mol. The van der Waals surface area contributed by atoms with Gasteiger partial charge in [-0.15, -0.1) is 0 Å². The average molecular weight is 403 g/mol. The van der Waals surface area contributed by atoms with Crippen LogP contribution in [0.4, 0.5) is 0 Å². The highest BCUT2D eigenvalue weighted by Gasteiger charge is 2.25. The molecule has 0 radical (unpaired) electrons. The van der Waals surface area contributed by atoms with Gasteiger partial charge in [0.2, 0.25) is 5.69 Å². The van der Waals surface area contributed by atoms with Crippen LogP contribution >= 0.6 is 0 Å². The molecule has 2 aromatic rings. The van der Waals surface area contributed by atoms with Gasteiger partial charge in [-0.2, -0.15) is 5.10 Å². The average Bonchev–Trinajstić information content (AvgIpc) is 3.16. The zero-order chi connectivity index (χ0) is 21.4. The summed E-state index contributed by atoms with van der Waals surface area (Å²) in [6, 6.07) is 8.35. The highest BCUT2D eigenvalue weighted by atomic mass is 16.5. The molecule has 0 unspecified atom stereocenters. The summed E-state index contributed by atoms with van der Waals surface area (Å²) in [5, 5.41) is 6.70. The number of nitrogens with zero attached hydrogens (tertiary/aromatic N) is 2. The van der Waals surface area contributed by atoms with Crippen molar-refractivity contribution < 1.29 is 28.6 Å². The predicted molar refractivity (Wildman–Crippen MR) is 104 cm³/mol. The van der Waals surface area contributed by atoms with Crippen LogP contribution in [0, 0.1) is 5.92 Å². The molecule has 1 N–H and O–H groups in total. The second-order valence-corrected chi connectivity index (χ2v) is 6.68. The molecule has 0 saturated heterocycles. The fourth-order valence-corrected chi connectivity index (χ4v) is 2.63. The minimum absolute atomic E-state index is 0.0594. The number of esters is 2. The number of para-hydroxylation sites is 1. The molecular formula is C20H25N3O6. The largest absolute Gasteiger partial charge is 0.493 e. The van der Waals surface area contributed by atoms with Gasteiger partial charge in [0, 0.05) is 0 Å². The molecule has 1 amide bonds. The molecule has 0 aliphatic rings. The number of benzene rings is 1. The molecule has 0 saturated carbocycles. The van der Waals surface area contributed by atoms with Crippen LogP contribution in [0.2, 0.25) is 0 Å². The normalized spacial score (nSPS) is 11.6. The number of methoxy groups -OCH3 is 2. The van der Waals surface area contributed by atoms with E-state index in [1.165, 1.54) is 18.9 Å². The Bertz CT molecular complexity index is 847. The van der Waals surface area contributed by atoms with Gasteiger partial charge < -0.3 is 19.5 Å². The van der Waals surface area contributed by atoms with Crippen molar-refractivity contribution >= 4 is 17.8 Å². The first-order valence-corrected chi connectivity index (χ1v) is 9.09. The summed E-state index contributed by atoms with van der Waals surface area (Å²) in [4.78, 5) is 36.3. The van der Waals surface area contributed by atoms with E-state index in [2.05, 4.69) is 10.4 Å². The summed E-state index contributed by atoms with van der Waals surface area (Å²) in [7, 11) is 2.65. The van der Waals surface area contributed by atoms with E-state index in [1.807, 2.05) is 44.2 Å². The molecule has 1 aromatic carbocycles. The second kappa shape index (κ2) is 10.3. The number of hydrogen-bond acceptors (Lipinski definition) is 7. The van der Waals surface area contributed by atoms with Crippen LogP contribution in [0.5, 0.6) is 5.75 Å². The summed E-state index contributed by atoms with van der Waals surface area (Å²) < 4.78 is 16.4. The van der Waals surface area contributed by atoms with Gasteiger partial charge in [0.05, 0.1) is 26.1 Å². The number of carbonyl (C=O) groups excluding carboxylic acids is 3. The van der Waals surface area contributed by atoms with Crippen molar-refractivity contribution in [2.24, 2.45) is 5.92 Å². The number of hydrogen-bond donors (Lipinski definition) is 1. The Morgan fingerprint density at radius 2 is 1.83 bits per heavy atom. The molecule has 0 aliphatic carbocycles. The Morgan fingerprint density at radius 1 is 1.14 bits per heavy atom. The predicted octanol–water partition coefficient (Wildman–Crippen LogP) is 1.74. The van der Waals surface area contributed by atoms with Crippen molar-refractivity contribution in [3.8, 4) is 11.4 Å². The molecule has 29 heavy (non-hydrogen) atoms. The molecule has 0 spiro atoms. The van der Waals surface area contributed by atoms with Crippen LogP contribution in [0.1, 0.15) is 30.8 Å². The van der Waals surface area contributed by atoms with E-state index >= 15 is 0 Å². The van der Waals surface area contributed by atoms with Crippen molar-refractivity contribution in [1.82, 2.24) is 15.1 Å². The van der Waals surface area contributed by atoms with Gasteiger partial charge in [-0.1, -0.05) is 32.0 Å². The number of ether oxygens (including phenoxy) is 3. The van der Waals surface area contributed by atoms with Crippen LogP contribution in [0.25, 0.3) is 5.69 Å². The number of amides is 1. The first-order chi connectivity index (χ1) is 13.8. The third kappa shape index (κ3) is 6.06. The van der Waals surface area contributed by atoms with E-state index in [0.717, 1.165) is 5.69 Å². The van der Waals surface area contributed by atoms with Crippen LogP contribution in [0.15, 0.2) is 36.5 Å². The maximum Gasteiger partial charge on any atom is 0.363 e. The zero-order valence-corrected chi connectivity index (χ0v) is 16.9. The Labute approximate surface area is 168 Å². The quantitative estimate of drug-likeness (QED) is 0.635. The summed E-state index contributed by atoms with van der Waals surface area (Å²) in [5.74, 6) is -1.61. The standard InChI is InChI=1S/C20H25N3O6/c1-13(2)10-15(19(25)28-4)21-17(24)12-29-20(26)18-16(27-3)11-23(22-18)14-8-6-5-7-9-14/h5-9,11,13,15H,10,12H2,1-4H3,(H,21,24)/t15-/m0/s1. The second-order valence-electron chi connectivity index (χ2n) is 6.68. The summed E-state index contributed by atoms with van der Waals surface area (Å²) in [6.45, 7) is 3.26. The maximum atomic E-state index is 12.4. The van der Waals surface area contributed by atoms with Crippen LogP contribution in [-0.4, -0.2) is 54.5 Å². The van der Waals surface area contributed by atoms with Gasteiger partial charge in [-0.25, -0.2) is 14.3 Å². The maximum absolute atomic E-state index is 12.4. The Hall–Kier alpha value is -3.36. The highest BCUT2D eigenvalue weighted by molar-refractivity contribution is 5.92. The minimum atomic E-state index is -0.815. The van der Waals surface area contributed by atoms with Crippen molar-refractivity contribution in [2.75, 3.05) is 20.8 Å². The number of carbonyl (C=O) groups is 3. The van der Waals surface area contributed by atoms with E-state index in [1.54, 1.807) is 6.20 Å². The third-order valence-corrected chi connectivity index (χ3v) is 3.98. The first kappa shape index (κ1) is 21.9. The lowest BCUT2D eigenvalue weighted by atomic mass is 10.0.